The van der Waals surface area contributed by atoms with Gasteiger partial charge in [-0.05, 0) is 25.7 Å². The molecule has 1 unspecified atom stereocenters. The Morgan fingerprint density at radius 2 is 1.95 bits per heavy atom. The van der Waals surface area contributed by atoms with Gasteiger partial charge in [-0.25, -0.2) is 0 Å². The molecule has 0 amide bonds. The third-order valence-corrected chi connectivity index (χ3v) is 4.66. The number of hydrogen-bond donors (Lipinski definition) is 1. The van der Waals surface area contributed by atoms with Crippen LogP contribution in [0.3, 0.4) is 0 Å². The first kappa shape index (κ1) is 14.6. The molecule has 1 aliphatic rings. The first-order chi connectivity index (χ1) is 10.1. The van der Waals surface area contributed by atoms with Crippen LogP contribution in [0, 0.1) is 0 Å². The maximum absolute atomic E-state index is 3.65. The molecule has 0 radical (unpaired) electrons. The summed E-state index contributed by atoms with van der Waals surface area (Å²) >= 11 is 0. The summed E-state index contributed by atoms with van der Waals surface area (Å²) in [5, 5.41) is 5.01. The van der Waals surface area contributed by atoms with Crippen LogP contribution >= 0.6 is 0 Å². The van der Waals surface area contributed by atoms with Gasteiger partial charge >= 0.3 is 0 Å². The monoisotopic (exact) mass is 286 g/mol. The second kappa shape index (κ2) is 6.18. The van der Waals surface area contributed by atoms with Crippen LogP contribution in [0.1, 0.15) is 5.56 Å². The van der Waals surface area contributed by atoms with E-state index in [1.54, 1.807) is 0 Å². The number of fused-ring (bicyclic) bond motifs is 1. The van der Waals surface area contributed by atoms with Crippen molar-refractivity contribution in [3.8, 4) is 0 Å². The fraction of sp³-hybridized carbons (Fsp3) is 0.529. The second-order valence-electron chi connectivity index (χ2n) is 6.31. The van der Waals surface area contributed by atoms with Crippen molar-refractivity contribution in [1.29, 1.82) is 0 Å². The van der Waals surface area contributed by atoms with Gasteiger partial charge in [0.15, 0.2) is 0 Å². The fourth-order valence-corrected chi connectivity index (χ4v) is 3.26. The number of aryl methyl sites for hydroxylation is 1. The molecule has 1 saturated heterocycles. The summed E-state index contributed by atoms with van der Waals surface area (Å²) in [5.74, 6) is 0. The Morgan fingerprint density at radius 3 is 2.81 bits per heavy atom. The lowest BCUT2D eigenvalue weighted by molar-refractivity contribution is 0.113. The molecule has 0 bridgehead atoms. The quantitative estimate of drug-likeness (QED) is 0.922. The van der Waals surface area contributed by atoms with E-state index >= 15 is 0 Å². The summed E-state index contributed by atoms with van der Waals surface area (Å²) in [6.45, 7) is 5.48. The lowest BCUT2D eigenvalue weighted by Crippen LogP contribution is -2.53. The molecule has 1 N–H and O–H groups in total. The Labute approximate surface area is 127 Å². The van der Waals surface area contributed by atoms with Crippen molar-refractivity contribution in [1.82, 2.24) is 19.7 Å². The number of rotatable bonds is 4. The molecule has 3 rings (SSSR count). The topological polar surface area (TPSA) is 23.4 Å². The molecule has 1 aliphatic heterocycles. The van der Waals surface area contributed by atoms with Crippen LogP contribution in [-0.2, 0) is 13.6 Å². The van der Waals surface area contributed by atoms with Crippen molar-refractivity contribution in [2.75, 3.05) is 40.3 Å². The lowest BCUT2D eigenvalue weighted by atomic mass is 10.1. The highest BCUT2D eigenvalue weighted by molar-refractivity contribution is 5.83. The summed E-state index contributed by atoms with van der Waals surface area (Å²) < 4.78 is 2.22. The first-order valence-corrected chi connectivity index (χ1v) is 7.77. The molecule has 114 valence electrons. The van der Waals surface area contributed by atoms with Gasteiger partial charge in [0.1, 0.15) is 0 Å². The zero-order valence-electron chi connectivity index (χ0n) is 13.3. The fourth-order valence-electron chi connectivity index (χ4n) is 3.26. The number of nitrogens with zero attached hydrogens (tertiary/aromatic N) is 3. The van der Waals surface area contributed by atoms with Gasteiger partial charge < -0.3 is 14.8 Å². The van der Waals surface area contributed by atoms with Gasteiger partial charge in [0, 0.05) is 62.9 Å². The van der Waals surface area contributed by atoms with E-state index in [0.29, 0.717) is 6.04 Å². The Kier molecular flexibility index (Phi) is 4.29. The Hall–Kier alpha value is -1.36. The largest absolute Gasteiger partial charge is 0.350 e. The van der Waals surface area contributed by atoms with E-state index in [4.69, 9.17) is 0 Å². The van der Waals surface area contributed by atoms with Crippen LogP contribution in [0.4, 0.5) is 0 Å². The molecule has 4 nitrogen and oxygen atoms in total. The normalized spacial score (nSPS) is 21.2. The summed E-state index contributed by atoms with van der Waals surface area (Å²) in [6.07, 6.45) is 2.24. The van der Waals surface area contributed by atoms with Crippen LogP contribution in [0.5, 0.6) is 0 Å². The van der Waals surface area contributed by atoms with Crippen molar-refractivity contribution >= 4 is 10.9 Å². The van der Waals surface area contributed by atoms with E-state index in [0.717, 1.165) is 26.2 Å². The van der Waals surface area contributed by atoms with Gasteiger partial charge in [-0.2, -0.15) is 0 Å². The van der Waals surface area contributed by atoms with Crippen LogP contribution < -0.4 is 5.32 Å². The van der Waals surface area contributed by atoms with E-state index in [2.05, 4.69) is 71.3 Å². The lowest BCUT2D eigenvalue weighted by Gasteiger charge is -2.37. The zero-order chi connectivity index (χ0) is 14.8. The SMILES string of the molecule is CN1CCN(C)C(CNCc2cn(C)c3ccccc23)C1. The Balaban J connectivity index is 1.62. The number of para-hydroxylation sites is 1. The molecule has 1 atom stereocenters. The van der Waals surface area contributed by atoms with Crippen LogP contribution in [0.25, 0.3) is 10.9 Å². The molecule has 0 aliphatic carbocycles. The maximum atomic E-state index is 3.65. The van der Waals surface area contributed by atoms with E-state index in [9.17, 15) is 0 Å². The van der Waals surface area contributed by atoms with Gasteiger partial charge in [0.2, 0.25) is 0 Å². The average Bonchev–Trinajstić information content (AvgIpc) is 2.80. The molecule has 4 heteroatoms. The van der Waals surface area contributed by atoms with E-state index in [-0.39, 0.29) is 0 Å². The van der Waals surface area contributed by atoms with Gasteiger partial charge in [0.05, 0.1) is 0 Å². The first-order valence-electron chi connectivity index (χ1n) is 7.77. The molecular formula is C17H26N4. The molecule has 0 spiro atoms. The zero-order valence-corrected chi connectivity index (χ0v) is 13.3. The Bertz CT molecular complexity index is 604. The smallest absolute Gasteiger partial charge is 0.0481 e. The molecule has 21 heavy (non-hydrogen) atoms. The summed E-state index contributed by atoms with van der Waals surface area (Å²) in [5.41, 5.74) is 2.70. The summed E-state index contributed by atoms with van der Waals surface area (Å²) in [4.78, 5) is 4.89. The third-order valence-electron chi connectivity index (χ3n) is 4.66. The minimum atomic E-state index is 0.610. The molecule has 2 heterocycles. The highest BCUT2D eigenvalue weighted by atomic mass is 15.3. The van der Waals surface area contributed by atoms with Crippen molar-refractivity contribution in [3.63, 3.8) is 0 Å². The number of aromatic nitrogens is 1. The number of likely N-dealkylation sites (N-methyl/N-ethyl adjacent to an activating group) is 2. The number of benzene rings is 1. The molecule has 1 aromatic heterocycles. The highest BCUT2D eigenvalue weighted by Gasteiger charge is 2.21. The molecule has 0 saturated carbocycles. The molecule has 2 aromatic rings. The highest BCUT2D eigenvalue weighted by Crippen LogP contribution is 2.20. The minimum Gasteiger partial charge on any atom is -0.350 e. The van der Waals surface area contributed by atoms with Gasteiger partial charge in [-0.3, -0.25) is 4.90 Å². The molecule has 1 fully saturated rings. The van der Waals surface area contributed by atoms with Gasteiger partial charge in [-0.15, -0.1) is 0 Å². The van der Waals surface area contributed by atoms with E-state index in [1.807, 2.05) is 0 Å². The van der Waals surface area contributed by atoms with E-state index < -0.39 is 0 Å². The van der Waals surface area contributed by atoms with Crippen molar-refractivity contribution in [2.45, 2.75) is 12.6 Å². The standard InChI is InChI=1S/C17H26N4/c1-19-8-9-20(2)15(13-19)11-18-10-14-12-21(3)17-7-5-4-6-16(14)17/h4-7,12,15,18H,8-11,13H2,1-3H3. The predicted molar refractivity (Wildman–Crippen MR) is 88.5 cm³/mol. The van der Waals surface area contributed by atoms with E-state index in [1.165, 1.54) is 23.0 Å². The van der Waals surface area contributed by atoms with Crippen LogP contribution in [0.15, 0.2) is 30.5 Å². The maximum Gasteiger partial charge on any atom is 0.0481 e. The second-order valence-corrected chi connectivity index (χ2v) is 6.31. The summed E-state index contributed by atoms with van der Waals surface area (Å²) in [7, 11) is 6.57. The predicted octanol–water partition coefficient (Wildman–Crippen LogP) is 1.51. The number of piperazine rings is 1. The molecular weight excluding hydrogens is 260 g/mol. The van der Waals surface area contributed by atoms with Crippen molar-refractivity contribution in [2.24, 2.45) is 7.05 Å². The summed E-state index contributed by atoms with van der Waals surface area (Å²) in [6, 6.07) is 9.23. The number of hydrogen-bond acceptors (Lipinski definition) is 3. The third kappa shape index (κ3) is 3.12. The van der Waals surface area contributed by atoms with Crippen molar-refractivity contribution in [3.05, 3.63) is 36.0 Å². The van der Waals surface area contributed by atoms with Gasteiger partial charge in [-0.1, -0.05) is 18.2 Å². The Morgan fingerprint density at radius 1 is 1.14 bits per heavy atom. The van der Waals surface area contributed by atoms with Crippen LogP contribution in [-0.4, -0.2) is 60.7 Å². The molecule has 1 aromatic carbocycles. The minimum absolute atomic E-state index is 0.610. The van der Waals surface area contributed by atoms with Crippen LogP contribution in [0.2, 0.25) is 0 Å². The van der Waals surface area contributed by atoms with Gasteiger partial charge in [0.25, 0.3) is 0 Å². The number of nitrogens with one attached hydrogen (secondary N) is 1. The van der Waals surface area contributed by atoms with Crippen molar-refractivity contribution < 1.29 is 0 Å². The average molecular weight is 286 g/mol.